The van der Waals surface area contributed by atoms with Crippen LogP contribution in [-0.2, 0) is 6.54 Å². The van der Waals surface area contributed by atoms with Crippen molar-refractivity contribution in [2.24, 2.45) is 4.99 Å². The molecule has 2 aromatic carbocycles. The van der Waals surface area contributed by atoms with Crippen molar-refractivity contribution in [3.05, 3.63) is 70.0 Å². The van der Waals surface area contributed by atoms with Crippen LogP contribution in [0.5, 0.6) is 0 Å². The average Bonchev–Trinajstić information content (AvgIpc) is 3.20. The van der Waals surface area contributed by atoms with Gasteiger partial charge in [0.1, 0.15) is 6.33 Å². The maximum Gasteiger partial charge on any atom is 0.191 e. The fraction of sp³-hybridized carbons (Fsp3) is 0.211. The maximum atomic E-state index is 6.29. The number of aromatic amines is 1. The lowest BCUT2D eigenvalue weighted by Crippen LogP contribution is -2.38. The molecule has 1 unspecified atom stereocenters. The molecule has 0 fully saturated rings. The Bertz CT molecular complexity index is 924. The first-order chi connectivity index (χ1) is 13.1. The van der Waals surface area contributed by atoms with Gasteiger partial charge in [0.25, 0.3) is 0 Å². The molecule has 140 valence electrons. The van der Waals surface area contributed by atoms with Gasteiger partial charge in [0, 0.05) is 29.2 Å². The van der Waals surface area contributed by atoms with Crippen LogP contribution in [0.4, 0.5) is 0 Å². The zero-order valence-electron chi connectivity index (χ0n) is 15.0. The lowest BCUT2D eigenvalue weighted by Gasteiger charge is -2.19. The Kier molecular flexibility index (Phi) is 6.32. The number of aliphatic imine (C=N–C) groups is 1. The van der Waals surface area contributed by atoms with E-state index in [9.17, 15) is 0 Å². The van der Waals surface area contributed by atoms with Crippen LogP contribution in [0.2, 0.25) is 10.0 Å². The van der Waals surface area contributed by atoms with E-state index in [2.05, 4.69) is 36.9 Å². The zero-order valence-corrected chi connectivity index (χ0v) is 16.5. The molecule has 0 saturated carbocycles. The Morgan fingerprint density at radius 1 is 1.22 bits per heavy atom. The predicted octanol–water partition coefficient (Wildman–Crippen LogP) is 4.20. The summed E-state index contributed by atoms with van der Waals surface area (Å²) >= 11 is 12.3. The number of H-pyrrole nitrogens is 1. The van der Waals surface area contributed by atoms with E-state index < -0.39 is 0 Å². The molecular formula is C19H20Cl2N6. The summed E-state index contributed by atoms with van der Waals surface area (Å²) in [5, 5.41) is 14.7. The SMILES string of the molecule is CN=C(NCc1cccc(-c2ncn[nH]2)c1)NC(C)c1ccc(Cl)cc1Cl. The molecule has 0 aliphatic rings. The Labute approximate surface area is 168 Å². The molecule has 27 heavy (non-hydrogen) atoms. The molecule has 0 saturated heterocycles. The van der Waals surface area contributed by atoms with Crippen molar-refractivity contribution >= 4 is 29.2 Å². The number of hydrogen-bond acceptors (Lipinski definition) is 3. The van der Waals surface area contributed by atoms with Crippen LogP contribution in [0.1, 0.15) is 24.1 Å². The third kappa shape index (κ3) is 4.99. The number of guanidine groups is 1. The van der Waals surface area contributed by atoms with Crippen LogP contribution in [-0.4, -0.2) is 28.2 Å². The third-order valence-corrected chi connectivity index (χ3v) is 4.64. The molecule has 0 spiro atoms. The number of nitrogens with zero attached hydrogens (tertiary/aromatic N) is 3. The van der Waals surface area contributed by atoms with Gasteiger partial charge < -0.3 is 10.6 Å². The van der Waals surface area contributed by atoms with E-state index in [4.69, 9.17) is 23.2 Å². The van der Waals surface area contributed by atoms with Gasteiger partial charge in [-0.3, -0.25) is 10.1 Å². The molecule has 3 aromatic rings. The summed E-state index contributed by atoms with van der Waals surface area (Å²) in [5.41, 5.74) is 3.04. The number of hydrogen-bond donors (Lipinski definition) is 3. The maximum absolute atomic E-state index is 6.29. The molecule has 1 heterocycles. The van der Waals surface area contributed by atoms with Gasteiger partial charge in [0.05, 0.1) is 6.04 Å². The summed E-state index contributed by atoms with van der Waals surface area (Å²) in [6.07, 6.45) is 1.50. The highest BCUT2D eigenvalue weighted by molar-refractivity contribution is 6.35. The minimum absolute atomic E-state index is 0.0264. The lowest BCUT2D eigenvalue weighted by atomic mass is 10.1. The van der Waals surface area contributed by atoms with Gasteiger partial charge >= 0.3 is 0 Å². The van der Waals surface area contributed by atoms with Gasteiger partial charge in [0.2, 0.25) is 0 Å². The van der Waals surface area contributed by atoms with E-state index in [1.54, 1.807) is 13.1 Å². The van der Waals surface area contributed by atoms with Crippen molar-refractivity contribution in [2.75, 3.05) is 7.05 Å². The van der Waals surface area contributed by atoms with E-state index in [0.717, 1.165) is 22.5 Å². The summed E-state index contributed by atoms with van der Waals surface area (Å²) in [6.45, 7) is 2.63. The van der Waals surface area contributed by atoms with Crippen LogP contribution in [0.3, 0.4) is 0 Å². The van der Waals surface area contributed by atoms with E-state index in [1.807, 2.05) is 37.3 Å². The van der Waals surface area contributed by atoms with E-state index >= 15 is 0 Å². The molecule has 8 heteroatoms. The summed E-state index contributed by atoms with van der Waals surface area (Å²) in [7, 11) is 1.73. The molecule has 1 aromatic heterocycles. The van der Waals surface area contributed by atoms with Crippen LogP contribution in [0.15, 0.2) is 53.8 Å². The number of rotatable bonds is 5. The Morgan fingerprint density at radius 3 is 2.78 bits per heavy atom. The van der Waals surface area contributed by atoms with Crippen LogP contribution in [0.25, 0.3) is 11.4 Å². The molecule has 0 aliphatic heterocycles. The molecule has 0 bridgehead atoms. The highest BCUT2D eigenvalue weighted by atomic mass is 35.5. The van der Waals surface area contributed by atoms with E-state index in [0.29, 0.717) is 22.5 Å². The molecule has 3 rings (SSSR count). The number of nitrogens with one attached hydrogen (secondary N) is 3. The normalized spacial score (nSPS) is 12.7. The fourth-order valence-corrected chi connectivity index (χ4v) is 3.26. The second-order valence-corrected chi connectivity index (χ2v) is 6.84. The second kappa shape index (κ2) is 8.88. The number of halogens is 2. The van der Waals surface area contributed by atoms with Gasteiger partial charge in [-0.2, -0.15) is 5.10 Å². The molecule has 3 N–H and O–H groups in total. The van der Waals surface area contributed by atoms with Crippen LogP contribution in [0, 0.1) is 0 Å². The first-order valence-electron chi connectivity index (χ1n) is 8.43. The number of aromatic nitrogens is 3. The van der Waals surface area contributed by atoms with Crippen molar-refractivity contribution in [3.8, 4) is 11.4 Å². The summed E-state index contributed by atoms with van der Waals surface area (Å²) < 4.78 is 0. The smallest absolute Gasteiger partial charge is 0.191 e. The largest absolute Gasteiger partial charge is 0.352 e. The van der Waals surface area contributed by atoms with Crippen molar-refractivity contribution in [2.45, 2.75) is 19.5 Å². The van der Waals surface area contributed by atoms with E-state index in [-0.39, 0.29) is 6.04 Å². The zero-order chi connectivity index (χ0) is 19.2. The Balaban J connectivity index is 1.63. The standard InChI is InChI=1S/C19H20Cl2N6/c1-12(16-7-6-15(20)9-17(16)21)26-19(22-2)23-10-13-4-3-5-14(8-13)18-24-11-25-27-18/h3-9,11-12H,10H2,1-2H3,(H2,22,23,26)(H,24,25,27). The van der Waals surface area contributed by atoms with Crippen LogP contribution >= 0.6 is 23.2 Å². The fourth-order valence-electron chi connectivity index (χ4n) is 2.69. The van der Waals surface area contributed by atoms with Crippen molar-refractivity contribution in [1.82, 2.24) is 25.8 Å². The first-order valence-corrected chi connectivity index (χ1v) is 9.19. The van der Waals surface area contributed by atoms with Crippen LogP contribution < -0.4 is 10.6 Å². The van der Waals surface area contributed by atoms with E-state index in [1.165, 1.54) is 6.33 Å². The molecule has 0 aliphatic carbocycles. The van der Waals surface area contributed by atoms with Gasteiger partial charge in [-0.05, 0) is 36.2 Å². The van der Waals surface area contributed by atoms with Gasteiger partial charge in [0.15, 0.2) is 11.8 Å². The highest BCUT2D eigenvalue weighted by Gasteiger charge is 2.12. The third-order valence-electron chi connectivity index (χ3n) is 4.08. The second-order valence-electron chi connectivity index (χ2n) is 5.99. The first kappa shape index (κ1) is 19.2. The minimum atomic E-state index is -0.0264. The summed E-state index contributed by atoms with van der Waals surface area (Å²) in [6, 6.07) is 13.5. The minimum Gasteiger partial charge on any atom is -0.352 e. The Hall–Kier alpha value is -2.57. The topological polar surface area (TPSA) is 78.0 Å². The van der Waals surface area contributed by atoms with Gasteiger partial charge in [-0.25, -0.2) is 4.98 Å². The molecule has 6 nitrogen and oxygen atoms in total. The molecule has 0 amide bonds. The van der Waals surface area contributed by atoms with Crippen molar-refractivity contribution in [1.29, 1.82) is 0 Å². The highest BCUT2D eigenvalue weighted by Crippen LogP contribution is 2.26. The number of benzene rings is 2. The summed E-state index contributed by atoms with van der Waals surface area (Å²) in [5.74, 6) is 1.42. The monoisotopic (exact) mass is 402 g/mol. The van der Waals surface area contributed by atoms with Gasteiger partial charge in [-0.15, -0.1) is 0 Å². The Morgan fingerprint density at radius 2 is 2.07 bits per heavy atom. The van der Waals surface area contributed by atoms with Gasteiger partial charge in [-0.1, -0.05) is 47.5 Å². The molecular weight excluding hydrogens is 383 g/mol. The summed E-state index contributed by atoms with van der Waals surface area (Å²) in [4.78, 5) is 8.47. The van der Waals surface area contributed by atoms with Crippen molar-refractivity contribution < 1.29 is 0 Å². The average molecular weight is 403 g/mol. The predicted molar refractivity (Wildman–Crippen MR) is 110 cm³/mol. The quantitative estimate of drug-likeness (QED) is 0.441. The van der Waals surface area contributed by atoms with Crippen molar-refractivity contribution in [3.63, 3.8) is 0 Å². The lowest BCUT2D eigenvalue weighted by molar-refractivity contribution is 0.685. The molecule has 1 atom stereocenters. The molecule has 0 radical (unpaired) electrons.